The van der Waals surface area contributed by atoms with Gasteiger partial charge in [0.1, 0.15) is 0 Å². The molecule has 0 radical (unpaired) electrons. The van der Waals surface area contributed by atoms with Gasteiger partial charge < -0.3 is 10.4 Å². The van der Waals surface area contributed by atoms with Crippen LogP contribution in [0.15, 0.2) is 0 Å². The number of nitrogens with one attached hydrogen (secondary N) is 1. The minimum absolute atomic E-state index is 0.0869. The molecule has 0 bridgehead atoms. The van der Waals surface area contributed by atoms with Crippen molar-refractivity contribution in [2.75, 3.05) is 0 Å². The first-order valence-electron chi connectivity index (χ1n) is 5.15. The summed E-state index contributed by atoms with van der Waals surface area (Å²) in [5, 5.41) is 13.3. The third-order valence-electron chi connectivity index (χ3n) is 3.26. The highest BCUT2D eigenvalue weighted by atomic mass is 16.3. The van der Waals surface area contributed by atoms with Gasteiger partial charge in [0, 0.05) is 11.6 Å². The van der Waals surface area contributed by atoms with Crippen LogP contribution in [0.25, 0.3) is 0 Å². The normalized spacial score (nSPS) is 39.5. The van der Waals surface area contributed by atoms with Gasteiger partial charge in [-0.1, -0.05) is 12.8 Å². The number of aliphatic hydroxyl groups excluding tert-OH is 1. The zero-order chi connectivity index (χ0) is 8.60. The maximum absolute atomic E-state index is 9.70. The van der Waals surface area contributed by atoms with Gasteiger partial charge in [-0.15, -0.1) is 0 Å². The van der Waals surface area contributed by atoms with Gasteiger partial charge in [-0.2, -0.15) is 0 Å². The lowest BCUT2D eigenvalue weighted by molar-refractivity contribution is 0.0841. The van der Waals surface area contributed by atoms with E-state index in [9.17, 15) is 5.11 Å². The summed E-state index contributed by atoms with van der Waals surface area (Å²) >= 11 is 0. The second-order valence-corrected chi connectivity index (χ2v) is 4.66. The minimum atomic E-state index is -0.0869. The summed E-state index contributed by atoms with van der Waals surface area (Å²) in [6, 6.07) is 0.381. The van der Waals surface area contributed by atoms with Crippen LogP contribution in [0.1, 0.15) is 45.4 Å². The summed E-state index contributed by atoms with van der Waals surface area (Å²) in [5.74, 6) is 0. The maximum atomic E-state index is 9.70. The highest BCUT2D eigenvalue weighted by Crippen LogP contribution is 2.36. The molecule has 0 aliphatic heterocycles. The highest BCUT2D eigenvalue weighted by molar-refractivity contribution is 5.01. The van der Waals surface area contributed by atoms with Gasteiger partial charge in [0.15, 0.2) is 0 Å². The van der Waals surface area contributed by atoms with Crippen LogP contribution in [0.3, 0.4) is 0 Å². The van der Waals surface area contributed by atoms with Gasteiger partial charge >= 0.3 is 0 Å². The molecule has 0 unspecified atom stereocenters. The van der Waals surface area contributed by atoms with Crippen molar-refractivity contribution in [3.8, 4) is 0 Å². The van der Waals surface area contributed by atoms with Gasteiger partial charge in [-0.25, -0.2) is 0 Å². The summed E-state index contributed by atoms with van der Waals surface area (Å²) in [6.45, 7) is 2.26. The standard InChI is InChI=1S/C10H19NO/c1-10(6-7-10)11-8-4-2-3-5-9(8)12/h8-9,11-12H,2-7H2,1H3/t8-,9-/m0/s1. The Morgan fingerprint density at radius 3 is 2.50 bits per heavy atom. The van der Waals surface area contributed by atoms with E-state index in [0.717, 1.165) is 12.8 Å². The maximum Gasteiger partial charge on any atom is 0.0693 e. The molecule has 2 N–H and O–H groups in total. The van der Waals surface area contributed by atoms with E-state index in [2.05, 4.69) is 12.2 Å². The second kappa shape index (κ2) is 3.00. The summed E-state index contributed by atoms with van der Waals surface area (Å²) in [5.41, 5.74) is 0.378. The van der Waals surface area contributed by atoms with Crippen molar-refractivity contribution in [2.45, 2.75) is 63.1 Å². The summed E-state index contributed by atoms with van der Waals surface area (Å²) in [7, 11) is 0. The molecular formula is C10H19NO. The summed E-state index contributed by atoms with van der Waals surface area (Å²) in [6.07, 6.45) is 7.13. The van der Waals surface area contributed by atoms with Crippen LogP contribution in [0.5, 0.6) is 0 Å². The molecule has 2 rings (SSSR count). The minimum Gasteiger partial charge on any atom is -0.392 e. The van der Waals surface area contributed by atoms with E-state index in [0.29, 0.717) is 11.6 Å². The third kappa shape index (κ3) is 1.80. The van der Waals surface area contributed by atoms with E-state index in [4.69, 9.17) is 0 Å². The molecule has 2 saturated carbocycles. The number of hydrogen-bond donors (Lipinski definition) is 2. The molecule has 0 saturated heterocycles. The Balaban J connectivity index is 1.84. The third-order valence-corrected chi connectivity index (χ3v) is 3.26. The molecule has 2 atom stereocenters. The molecule has 0 heterocycles. The Morgan fingerprint density at radius 1 is 1.25 bits per heavy atom. The Labute approximate surface area is 74.4 Å². The van der Waals surface area contributed by atoms with Crippen LogP contribution in [0, 0.1) is 0 Å². The lowest BCUT2D eigenvalue weighted by Crippen LogP contribution is -2.47. The van der Waals surface area contributed by atoms with Gasteiger partial charge in [-0.05, 0) is 32.6 Å². The lowest BCUT2D eigenvalue weighted by atomic mass is 9.92. The lowest BCUT2D eigenvalue weighted by Gasteiger charge is -2.31. The molecule has 0 spiro atoms. The van der Waals surface area contributed by atoms with Crippen LogP contribution in [-0.4, -0.2) is 22.8 Å². The van der Waals surface area contributed by atoms with Crippen molar-refractivity contribution in [1.29, 1.82) is 0 Å². The Kier molecular flexibility index (Phi) is 2.13. The fourth-order valence-electron chi connectivity index (χ4n) is 2.06. The van der Waals surface area contributed by atoms with Crippen molar-refractivity contribution in [1.82, 2.24) is 5.32 Å². The predicted molar refractivity (Wildman–Crippen MR) is 49.0 cm³/mol. The van der Waals surface area contributed by atoms with Crippen LogP contribution in [0.2, 0.25) is 0 Å². The number of aliphatic hydroxyl groups is 1. The molecule has 70 valence electrons. The molecule has 2 nitrogen and oxygen atoms in total. The smallest absolute Gasteiger partial charge is 0.0693 e. The molecule has 0 amide bonds. The Hall–Kier alpha value is -0.0800. The average molecular weight is 169 g/mol. The van der Waals surface area contributed by atoms with E-state index in [-0.39, 0.29) is 6.10 Å². The van der Waals surface area contributed by atoms with Crippen LogP contribution < -0.4 is 5.32 Å². The molecule has 12 heavy (non-hydrogen) atoms. The Bertz CT molecular complexity index is 165. The van der Waals surface area contributed by atoms with Crippen molar-refractivity contribution < 1.29 is 5.11 Å². The van der Waals surface area contributed by atoms with Crippen molar-refractivity contribution >= 4 is 0 Å². The van der Waals surface area contributed by atoms with Gasteiger partial charge in [-0.3, -0.25) is 0 Å². The Morgan fingerprint density at radius 2 is 1.92 bits per heavy atom. The van der Waals surface area contributed by atoms with Crippen molar-refractivity contribution in [3.63, 3.8) is 0 Å². The fourth-order valence-corrected chi connectivity index (χ4v) is 2.06. The van der Waals surface area contributed by atoms with Crippen LogP contribution >= 0.6 is 0 Å². The highest BCUT2D eigenvalue weighted by Gasteiger charge is 2.40. The second-order valence-electron chi connectivity index (χ2n) is 4.66. The molecule has 0 aromatic rings. The molecule has 2 aliphatic rings. The molecule has 0 aromatic heterocycles. The SMILES string of the molecule is CC1(N[C@H]2CCCC[C@@H]2O)CC1. The van der Waals surface area contributed by atoms with Gasteiger partial charge in [0.2, 0.25) is 0 Å². The number of rotatable bonds is 2. The van der Waals surface area contributed by atoms with Gasteiger partial charge in [0.05, 0.1) is 6.10 Å². The van der Waals surface area contributed by atoms with Crippen molar-refractivity contribution in [2.24, 2.45) is 0 Å². The molecule has 2 heteroatoms. The summed E-state index contributed by atoms with van der Waals surface area (Å²) in [4.78, 5) is 0. The van der Waals surface area contributed by atoms with E-state index in [1.807, 2.05) is 0 Å². The topological polar surface area (TPSA) is 32.3 Å². The molecule has 2 aliphatic carbocycles. The molecule has 0 aromatic carbocycles. The summed E-state index contributed by atoms with van der Waals surface area (Å²) < 4.78 is 0. The average Bonchev–Trinajstić information content (AvgIpc) is 2.74. The first-order chi connectivity index (χ1) is 5.70. The predicted octanol–water partition coefficient (Wildman–Crippen LogP) is 1.43. The van der Waals surface area contributed by atoms with Crippen molar-refractivity contribution in [3.05, 3.63) is 0 Å². The van der Waals surface area contributed by atoms with E-state index in [1.165, 1.54) is 25.7 Å². The fraction of sp³-hybridized carbons (Fsp3) is 1.00. The van der Waals surface area contributed by atoms with Crippen LogP contribution in [0.4, 0.5) is 0 Å². The van der Waals surface area contributed by atoms with E-state index in [1.54, 1.807) is 0 Å². The van der Waals surface area contributed by atoms with Gasteiger partial charge in [0.25, 0.3) is 0 Å². The quantitative estimate of drug-likeness (QED) is 0.655. The largest absolute Gasteiger partial charge is 0.392 e. The zero-order valence-corrected chi connectivity index (χ0v) is 7.84. The van der Waals surface area contributed by atoms with Crippen LogP contribution in [-0.2, 0) is 0 Å². The first-order valence-corrected chi connectivity index (χ1v) is 5.15. The van der Waals surface area contributed by atoms with E-state index >= 15 is 0 Å². The zero-order valence-electron chi connectivity index (χ0n) is 7.84. The molecule has 2 fully saturated rings. The monoisotopic (exact) mass is 169 g/mol. The van der Waals surface area contributed by atoms with E-state index < -0.39 is 0 Å². The molecular weight excluding hydrogens is 150 g/mol. The number of hydrogen-bond acceptors (Lipinski definition) is 2. The first kappa shape index (κ1) is 8.52.